The first-order chi connectivity index (χ1) is 13.9. The van der Waals surface area contributed by atoms with Gasteiger partial charge in [-0.3, -0.25) is 19.4 Å². The summed E-state index contributed by atoms with van der Waals surface area (Å²) in [4.78, 5) is 28.9. The molecule has 1 fully saturated rings. The maximum atomic E-state index is 12.4. The van der Waals surface area contributed by atoms with Crippen LogP contribution >= 0.6 is 0 Å². The largest absolute Gasteiger partial charge is 0.467 e. The maximum Gasteiger partial charge on any atom is 0.238 e. The molecule has 2 amide bonds. The van der Waals surface area contributed by atoms with Gasteiger partial charge in [-0.1, -0.05) is 12.1 Å². The fourth-order valence-electron chi connectivity index (χ4n) is 3.48. The smallest absolute Gasteiger partial charge is 0.238 e. The lowest BCUT2D eigenvalue weighted by Gasteiger charge is -2.34. The Bertz CT molecular complexity index is 827. The summed E-state index contributed by atoms with van der Waals surface area (Å²) in [5, 5.41) is 5.97. The number of piperazine rings is 1. The van der Waals surface area contributed by atoms with Gasteiger partial charge in [0.15, 0.2) is 0 Å². The highest BCUT2D eigenvalue weighted by Gasteiger charge is 2.22. The Morgan fingerprint density at radius 1 is 1.00 bits per heavy atom. The number of hydrogen-bond donors (Lipinski definition) is 2. The van der Waals surface area contributed by atoms with E-state index >= 15 is 0 Å². The van der Waals surface area contributed by atoms with Crippen LogP contribution in [0.5, 0.6) is 0 Å². The molecule has 2 heterocycles. The van der Waals surface area contributed by atoms with Crippen molar-refractivity contribution in [3.63, 3.8) is 0 Å². The van der Waals surface area contributed by atoms with Crippen LogP contribution in [-0.4, -0.2) is 60.9 Å². The number of nitrogens with one attached hydrogen (secondary N) is 2. The average molecular weight is 399 g/mol. The molecule has 1 aliphatic heterocycles. The Morgan fingerprint density at radius 2 is 1.66 bits per heavy atom. The van der Waals surface area contributed by atoms with E-state index in [1.165, 1.54) is 0 Å². The van der Waals surface area contributed by atoms with Gasteiger partial charge >= 0.3 is 0 Å². The van der Waals surface area contributed by atoms with Crippen molar-refractivity contribution in [3.05, 3.63) is 53.5 Å². The lowest BCUT2D eigenvalue weighted by Crippen LogP contribution is -2.51. The Balaban J connectivity index is 1.39. The topological polar surface area (TPSA) is 77.8 Å². The van der Waals surface area contributed by atoms with Gasteiger partial charge in [0.05, 0.1) is 25.4 Å². The molecule has 0 aliphatic carbocycles. The Kier molecular flexibility index (Phi) is 7.06. The number of hydrogen-bond acceptors (Lipinski definition) is 5. The summed E-state index contributed by atoms with van der Waals surface area (Å²) in [6.07, 6.45) is 1.60. The highest BCUT2D eigenvalue weighted by Crippen LogP contribution is 2.18. The number of carbonyl (C=O) groups is 2. The highest BCUT2D eigenvalue weighted by atomic mass is 16.3. The van der Waals surface area contributed by atoms with Crippen LogP contribution in [0.2, 0.25) is 0 Å². The summed E-state index contributed by atoms with van der Waals surface area (Å²) in [7, 11) is 0. The molecule has 2 aromatic rings. The van der Waals surface area contributed by atoms with Crippen molar-refractivity contribution >= 4 is 17.5 Å². The molecule has 0 radical (unpaired) electrons. The first kappa shape index (κ1) is 21.1. The monoisotopic (exact) mass is 398 g/mol. The van der Waals surface area contributed by atoms with Crippen LogP contribution < -0.4 is 10.6 Å². The van der Waals surface area contributed by atoms with Gasteiger partial charge in [-0.15, -0.1) is 0 Å². The van der Waals surface area contributed by atoms with E-state index in [1.54, 1.807) is 6.26 Å². The lowest BCUT2D eigenvalue weighted by atomic mass is 10.1. The van der Waals surface area contributed by atoms with E-state index in [1.807, 2.05) is 51.1 Å². The van der Waals surface area contributed by atoms with E-state index in [-0.39, 0.29) is 17.9 Å². The fraction of sp³-hybridized carbons (Fsp3) is 0.455. The molecule has 7 heteroatoms. The van der Waals surface area contributed by atoms with Crippen LogP contribution in [-0.2, 0) is 9.59 Å². The molecule has 29 heavy (non-hydrogen) atoms. The number of anilines is 1. The van der Waals surface area contributed by atoms with Crippen LogP contribution in [0.25, 0.3) is 0 Å². The Hall–Kier alpha value is -2.64. The van der Waals surface area contributed by atoms with Crippen molar-refractivity contribution in [1.82, 2.24) is 15.1 Å². The van der Waals surface area contributed by atoms with Crippen LogP contribution in [0, 0.1) is 13.8 Å². The van der Waals surface area contributed by atoms with Crippen molar-refractivity contribution in [2.75, 3.05) is 44.6 Å². The standard InChI is InChI=1S/C22H30N4O3/c1-16-6-4-7-19(17(16)2)24-22(28)15-26-11-9-25(10-12-26)14-21(27)23-18(3)20-8-5-13-29-20/h4-8,13,18H,9-12,14-15H2,1-3H3,(H,23,27)(H,24,28). The molecule has 1 aliphatic rings. The first-order valence-electron chi connectivity index (χ1n) is 10.1. The summed E-state index contributed by atoms with van der Waals surface area (Å²) < 4.78 is 5.32. The van der Waals surface area contributed by atoms with Crippen LogP contribution in [0.1, 0.15) is 29.9 Å². The summed E-state index contributed by atoms with van der Waals surface area (Å²) >= 11 is 0. The lowest BCUT2D eigenvalue weighted by molar-refractivity contribution is -0.124. The molecule has 3 rings (SSSR count). The molecular weight excluding hydrogens is 368 g/mol. The molecule has 156 valence electrons. The number of furan rings is 1. The van der Waals surface area contributed by atoms with E-state index in [2.05, 4.69) is 20.4 Å². The summed E-state index contributed by atoms with van der Waals surface area (Å²) in [5.41, 5.74) is 3.13. The van der Waals surface area contributed by atoms with Gasteiger partial charge in [0.2, 0.25) is 11.8 Å². The first-order valence-corrected chi connectivity index (χ1v) is 10.1. The third-order valence-electron chi connectivity index (χ3n) is 5.43. The molecular formula is C22H30N4O3. The minimum atomic E-state index is -0.146. The molecule has 1 aromatic carbocycles. The summed E-state index contributed by atoms with van der Waals surface area (Å²) in [6.45, 7) is 9.73. The predicted octanol–water partition coefficient (Wildman–Crippen LogP) is 2.33. The molecule has 1 saturated heterocycles. The van der Waals surface area contributed by atoms with E-state index < -0.39 is 0 Å². The molecule has 1 aromatic heterocycles. The van der Waals surface area contributed by atoms with Gasteiger partial charge < -0.3 is 15.1 Å². The second-order valence-electron chi connectivity index (χ2n) is 7.65. The minimum absolute atomic E-state index is 0.00262. The second kappa shape index (κ2) is 9.71. The van der Waals surface area contributed by atoms with Crippen LogP contribution in [0.15, 0.2) is 41.0 Å². The van der Waals surface area contributed by atoms with Crippen molar-refractivity contribution < 1.29 is 14.0 Å². The number of amides is 2. The van der Waals surface area contributed by atoms with E-state index in [9.17, 15) is 9.59 Å². The quantitative estimate of drug-likeness (QED) is 0.749. The van der Waals surface area contributed by atoms with Crippen molar-refractivity contribution in [1.29, 1.82) is 0 Å². The van der Waals surface area contributed by atoms with Crippen molar-refractivity contribution in [2.24, 2.45) is 0 Å². The molecule has 7 nitrogen and oxygen atoms in total. The van der Waals surface area contributed by atoms with Crippen molar-refractivity contribution in [3.8, 4) is 0 Å². The zero-order valence-electron chi connectivity index (χ0n) is 17.4. The number of rotatable bonds is 7. The normalized spacial score (nSPS) is 16.4. The van der Waals surface area contributed by atoms with Gasteiger partial charge in [-0.05, 0) is 50.1 Å². The van der Waals surface area contributed by atoms with Crippen molar-refractivity contribution in [2.45, 2.75) is 26.8 Å². The minimum Gasteiger partial charge on any atom is -0.467 e. The third-order valence-corrected chi connectivity index (χ3v) is 5.43. The van der Waals surface area contributed by atoms with Gasteiger partial charge in [0.1, 0.15) is 5.76 Å². The van der Waals surface area contributed by atoms with E-state index in [0.29, 0.717) is 13.1 Å². The Labute approximate surface area is 172 Å². The third kappa shape index (κ3) is 5.92. The number of nitrogens with zero attached hydrogens (tertiary/aromatic N) is 2. The van der Waals surface area contributed by atoms with Gasteiger partial charge in [-0.25, -0.2) is 0 Å². The predicted molar refractivity (Wildman–Crippen MR) is 113 cm³/mol. The van der Waals surface area contributed by atoms with Crippen LogP contribution in [0.4, 0.5) is 5.69 Å². The van der Waals surface area contributed by atoms with E-state index in [4.69, 9.17) is 4.42 Å². The molecule has 1 atom stereocenters. The van der Waals surface area contributed by atoms with Gasteiger partial charge in [0.25, 0.3) is 0 Å². The number of benzene rings is 1. The zero-order chi connectivity index (χ0) is 20.8. The molecule has 0 bridgehead atoms. The Morgan fingerprint density at radius 3 is 2.28 bits per heavy atom. The van der Waals surface area contributed by atoms with Gasteiger partial charge in [-0.2, -0.15) is 0 Å². The summed E-state index contributed by atoms with van der Waals surface area (Å²) in [5.74, 6) is 0.727. The maximum absolute atomic E-state index is 12.4. The molecule has 2 N–H and O–H groups in total. The average Bonchev–Trinajstić information content (AvgIpc) is 3.22. The SMILES string of the molecule is Cc1cccc(NC(=O)CN2CCN(CC(=O)NC(C)c3ccco3)CC2)c1C. The van der Waals surface area contributed by atoms with Gasteiger partial charge in [0, 0.05) is 31.9 Å². The number of aryl methyl sites for hydroxylation is 1. The molecule has 0 saturated carbocycles. The van der Waals surface area contributed by atoms with E-state index in [0.717, 1.165) is 48.8 Å². The molecule has 1 unspecified atom stereocenters. The highest BCUT2D eigenvalue weighted by molar-refractivity contribution is 5.93. The second-order valence-corrected chi connectivity index (χ2v) is 7.65. The number of carbonyl (C=O) groups excluding carboxylic acids is 2. The fourth-order valence-corrected chi connectivity index (χ4v) is 3.48. The zero-order valence-corrected chi connectivity index (χ0v) is 17.4. The van der Waals surface area contributed by atoms with Crippen LogP contribution in [0.3, 0.4) is 0 Å². The summed E-state index contributed by atoms with van der Waals surface area (Å²) in [6, 6.07) is 9.44. The molecule has 0 spiro atoms.